The summed E-state index contributed by atoms with van der Waals surface area (Å²) in [4.78, 5) is 7.58. The van der Waals surface area contributed by atoms with E-state index in [1.54, 1.807) is 0 Å². The summed E-state index contributed by atoms with van der Waals surface area (Å²) in [6.45, 7) is 20.9. The summed E-state index contributed by atoms with van der Waals surface area (Å²) in [5.41, 5.74) is 23.8. The first-order chi connectivity index (χ1) is 30.7. The first kappa shape index (κ1) is 40.0. The van der Waals surface area contributed by atoms with Gasteiger partial charge in [-0.05, 0) is 140 Å². The lowest BCUT2D eigenvalue weighted by Crippen LogP contribution is -2.61. The molecule has 3 aliphatic rings. The van der Waals surface area contributed by atoms with Crippen LogP contribution in [-0.4, -0.2) is 6.71 Å². The van der Waals surface area contributed by atoms with Crippen LogP contribution < -0.4 is 31.1 Å². The van der Waals surface area contributed by atoms with Crippen LogP contribution in [0.15, 0.2) is 176 Å². The third-order valence-corrected chi connectivity index (χ3v) is 14.2. The molecule has 0 spiro atoms. The smallest absolute Gasteiger partial charge is 0.252 e. The maximum Gasteiger partial charge on any atom is 0.252 e. The van der Waals surface area contributed by atoms with Crippen molar-refractivity contribution in [3.63, 3.8) is 0 Å². The molecule has 0 N–H and O–H groups in total. The van der Waals surface area contributed by atoms with E-state index in [-0.39, 0.29) is 23.0 Å². The van der Waals surface area contributed by atoms with Crippen LogP contribution in [-0.2, 0) is 16.2 Å². The first-order valence-electron chi connectivity index (χ1n) is 23.0. The standard InChI is InChI=1S/C60H56BN3/c1-39-35-54-57-55(36-39)64(52-26-18-25-48-56(52)46-23-16-17-24-47(46)60(48,8)9)53-38-45(62(42-19-12-10-13-20-42)43-21-14-11-15-22-43)32-33-49(53)61(57)50-37-41(59(5,6)7)29-34-51(50)63(54)44-30-27-40(28-31-44)58(2,3)4/h10-38H,1-9H3. The largest absolute Gasteiger partial charge is 0.311 e. The zero-order chi connectivity index (χ0) is 44.3. The Kier molecular flexibility index (Phi) is 8.99. The molecule has 0 unspecified atom stereocenters. The second kappa shape index (κ2) is 14.4. The molecule has 2 aliphatic heterocycles. The fourth-order valence-corrected chi connectivity index (χ4v) is 10.9. The number of anilines is 9. The molecule has 1 aliphatic carbocycles. The molecule has 3 nitrogen and oxygen atoms in total. The van der Waals surface area contributed by atoms with Crippen molar-refractivity contribution in [1.29, 1.82) is 0 Å². The summed E-state index contributed by atoms with van der Waals surface area (Å²) in [5, 5.41) is 0. The van der Waals surface area contributed by atoms with Crippen LogP contribution in [0.25, 0.3) is 11.1 Å². The minimum Gasteiger partial charge on any atom is -0.311 e. The van der Waals surface area contributed by atoms with Crippen LogP contribution >= 0.6 is 0 Å². The molecule has 64 heavy (non-hydrogen) atoms. The van der Waals surface area contributed by atoms with E-state index in [0.29, 0.717) is 0 Å². The normalized spacial score (nSPS) is 14.4. The molecule has 8 aromatic rings. The van der Waals surface area contributed by atoms with Gasteiger partial charge in [0.25, 0.3) is 6.71 Å². The third kappa shape index (κ3) is 6.17. The Hall–Kier alpha value is -6.78. The van der Waals surface area contributed by atoms with Gasteiger partial charge in [0.05, 0.1) is 5.69 Å². The monoisotopic (exact) mass is 829 g/mol. The average Bonchev–Trinajstić information content (AvgIpc) is 3.52. The molecular weight excluding hydrogens is 773 g/mol. The van der Waals surface area contributed by atoms with E-state index in [9.17, 15) is 0 Å². The second-order valence-corrected chi connectivity index (χ2v) is 20.8. The zero-order valence-corrected chi connectivity index (χ0v) is 38.7. The van der Waals surface area contributed by atoms with Crippen molar-refractivity contribution in [2.75, 3.05) is 14.7 Å². The Morgan fingerprint density at radius 3 is 1.70 bits per heavy atom. The highest BCUT2D eigenvalue weighted by atomic mass is 15.2. The molecule has 0 saturated heterocycles. The van der Waals surface area contributed by atoms with Gasteiger partial charge in [0, 0.05) is 56.5 Å². The minimum atomic E-state index is -0.146. The van der Waals surface area contributed by atoms with E-state index < -0.39 is 0 Å². The topological polar surface area (TPSA) is 9.72 Å². The molecule has 8 aromatic carbocycles. The van der Waals surface area contributed by atoms with E-state index in [0.717, 1.165) is 17.1 Å². The van der Waals surface area contributed by atoms with Gasteiger partial charge in [0.1, 0.15) is 0 Å². The molecule has 2 heterocycles. The van der Waals surface area contributed by atoms with Gasteiger partial charge >= 0.3 is 0 Å². The fourth-order valence-electron chi connectivity index (χ4n) is 10.9. The number of aryl methyl sites for hydroxylation is 1. The van der Waals surface area contributed by atoms with Crippen LogP contribution in [0.2, 0.25) is 0 Å². The van der Waals surface area contributed by atoms with E-state index in [1.807, 2.05) is 0 Å². The fraction of sp³-hybridized carbons (Fsp3) is 0.200. The summed E-state index contributed by atoms with van der Waals surface area (Å²) >= 11 is 0. The second-order valence-electron chi connectivity index (χ2n) is 20.8. The highest BCUT2D eigenvalue weighted by Crippen LogP contribution is 2.55. The van der Waals surface area contributed by atoms with Gasteiger partial charge in [-0.15, -0.1) is 0 Å². The average molecular weight is 830 g/mol. The molecule has 0 aromatic heterocycles. The van der Waals surface area contributed by atoms with Gasteiger partial charge in [0.2, 0.25) is 0 Å². The minimum absolute atomic E-state index is 0.00399. The van der Waals surface area contributed by atoms with Crippen molar-refractivity contribution in [2.24, 2.45) is 0 Å². The van der Waals surface area contributed by atoms with Crippen LogP contribution in [0.3, 0.4) is 0 Å². The maximum absolute atomic E-state index is 2.63. The molecule has 11 rings (SSSR count). The molecule has 314 valence electrons. The summed E-state index contributed by atoms with van der Waals surface area (Å²) in [6.07, 6.45) is 0. The Bertz CT molecular complexity index is 3080. The summed E-state index contributed by atoms with van der Waals surface area (Å²) < 4.78 is 0. The number of nitrogens with zero attached hydrogens (tertiary/aromatic N) is 3. The molecule has 0 amide bonds. The molecule has 0 fully saturated rings. The predicted octanol–water partition coefficient (Wildman–Crippen LogP) is 14.4. The number of hydrogen-bond donors (Lipinski definition) is 0. The van der Waals surface area contributed by atoms with Crippen molar-refractivity contribution >= 4 is 74.3 Å². The summed E-state index contributed by atoms with van der Waals surface area (Å²) in [7, 11) is 0. The van der Waals surface area contributed by atoms with E-state index in [4.69, 9.17) is 0 Å². The lowest BCUT2D eigenvalue weighted by Gasteiger charge is -2.45. The van der Waals surface area contributed by atoms with E-state index in [1.165, 1.54) is 89.5 Å². The lowest BCUT2D eigenvalue weighted by molar-refractivity contribution is 0.590. The van der Waals surface area contributed by atoms with Gasteiger partial charge in [0.15, 0.2) is 0 Å². The van der Waals surface area contributed by atoms with Gasteiger partial charge in [-0.2, -0.15) is 0 Å². The maximum atomic E-state index is 2.63. The van der Waals surface area contributed by atoms with Crippen molar-refractivity contribution in [3.05, 3.63) is 204 Å². The summed E-state index contributed by atoms with van der Waals surface area (Å²) in [5.74, 6) is 0. The van der Waals surface area contributed by atoms with Crippen LogP contribution in [0.5, 0.6) is 0 Å². The third-order valence-electron chi connectivity index (χ3n) is 14.2. The Balaban J connectivity index is 1.24. The molecule has 0 radical (unpaired) electrons. The number of rotatable bonds is 5. The number of fused-ring (bicyclic) bond motifs is 7. The van der Waals surface area contributed by atoms with E-state index in [2.05, 4.69) is 253 Å². The van der Waals surface area contributed by atoms with Crippen molar-refractivity contribution in [3.8, 4) is 11.1 Å². The molecular formula is C60H56BN3. The highest BCUT2D eigenvalue weighted by molar-refractivity contribution is 7.00. The first-order valence-corrected chi connectivity index (χ1v) is 23.0. The van der Waals surface area contributed by atoms with Crippen LogP contribution in [0, 0.1) is 6.92 Å². The van der Waals surface area contributed by atoms with E-state index >= 15 is 0 Å². The number of para-hydroxylation sites is 2. The SMILES string of the molecule is Cc1cc2c3c(c1)N(c1cccc4c1-c1ccccc1C4(C)C)c1cc(N(c4ccccc4)c4ccccc4)ccc1B3c1cc(C(C)(C)C)ccc1N2c1ccc(C(C)(C)C)cc1. The Morgan fingerprint density at radius 2 is 1.05 bits per heavy atom. The quantitative estimate of drug-likeness (QED) is 0.160. The Morgan fingerprint density at radius 1 is 0.453 bits per heavy atom. The highest BCUT2D eigenvalue weighted by Gasteiger charge is 2.46. The van der Waals surface area contributed by atoms with Crippen LogP contribution in [0.1, 0.15) is 83.2 Å². The van der Waals surface area contributed by atoms with Gasteiger partial charge in [-0.1, -0.05) is 159 Å². The van der Waals surface area contributed by atoms with Crippen molar-refractivity contribution in [1.82, 2.24) is 0 Å². The van der Waals surface area contributed by atoms with Crippen molar-refractivity contribution < 1.29 is 0 Å². The predicted molar refractivity (Wildman–Crippen MR) is 275 cm³/mol. The van der Waals surface area contributed by atoms with Gasteiger partial charge < -0.3 is 14.7 Å². The van der Waals surface area contributed by atoms with Gasteiger partial charge in [-0.3, -0.25) is 0 Å². The molecule has 0 saturated carbocycles. The van der Waals surface area contributed by atoms with Gasteiger partial charge in [-0.25, -0.2) is 0 Å². The number of benzene rings is 8. The zero-order valence-electron chi connectivity index (χ0n) is 38.7. The summed E-state index contributed by atoms with van der Waals surface area (Å²) in [6, 6.07) is 66.4. The molecule has 0 atom stereocenters. The molecule has 4 heteroatoms. The van der Waals surface area contributed by atoms with Crippen molar-refractivity contribution in [2.45, 2.75) is 78.6 Å². The molecule has 0 bridgehead atoms. The van der Waals surface area contributed by atoms with Crippen LogP contribution in [0.4, 0.5) is 51.2 Å². The Labute approximate surface area is 380 Å². The number of hydrogen-bond acceptors (Lipinski definition) is 3. The lowest BCUT2D eigenvalue weighted by atomic mass is 9.33.